The molecular weight excluding hydrogens is 292 g/mol. The SMILES string of the molecule is NCCc1ccc(Br)cc1N1CC2CCC(C1)O2. The number of anilines is 1. The van der Waals surface area contributed by atoms with Gasteiger partial charge in [0.1, 0.15) is 0 Å². The van der Waals surface area contributed by atoms with E-state index in [1.165, 1.54) is 24.1 Å². The van der Waals surface area contributed by atoms with E-state index in [9.17, 15) is 0 Å². The fourth-order valence-corrected chi connectivity index (χ4v) is 3.36. The van der Waals surface area contributed by atoms with E-state index in [2.05, 4.69) is 39.0 Å². The molecule has 0 radical (unpaired) electrons. The smallest absolute Gasteiger partial charge is 0.0755 e. The Morgan fingerprint density at radius 1 is 1.28 bits per heavy atom. The molecule has 4 heteroatoms. The maximum absolute atomic E-state index is 5.90. The van der Waals surface area contributed by atoms with E-state index >= 15 is 0 Å². The molecule has 2 aliphatic heterocycles. The summed E-state index contributed by atoms with van der Waals surface area (Å²) in [6.07, 6.45) is 4.21. The van der Waals surface area contributed by atoms with E-state index in [0.717, 1.165) is 24.0 Å². The minimum absolute atomic E-state index is 0.424. The molecule has 0 aromatic heterocycles. The third kappa shape index (κ3) is 2.42. The molecule has 0 saturated carbocycles. The van der Waals surface area contributed by atoms with Crippen molar-refractivity contribution in [3.63, 3.8) is 0 Å². The summed E-state index contributed by atoms with van der Waals surface area (Å²) >= 11 is 3.57. The fraction of sp³-hybridized carbons (Fsp3) is 0.571. The molecule has 98 valence electrons. The van der Waals surface area contributed by atoms with Crippen LogP contribution in [0.1, 0.15) is 18.4 Å². The van der Waals surface area contributed by atoms with Crippen LogP contribution in [-0.4, -0.2) is 31.8 Å². The van der Waals surface area contributed by atoms with Crippen molar-refractivity contribution in [1.82, 2.24) is 0 Å². The Kier molecular flexibility index (Phi) is 3.59. The molecule has 2 aliphatic rings. The molecule has 0 amide bonds. The van der Waals surface area contributed by atoms with E-state index < -0.39 is 0 Å². The van der Waals surface area contributed by atoms with E-state index in [4.69, 9.17) is 10.5 Å². The van der Waals surface area contributed by atoms with Crippen LogP contribution in [0.5, 0.6) is 0 Å². The minimum Gasteiger partial charge on any atom is -0.371 e. The lowest BCUT2D eigenvalue weighted by Gasteiger charge is -2.35. The maximum atomic E-state index is 5.90. The van der Waals surface area contributed by atoms with Gasteiger partial charge in [-0.2, -0.15) is 0 Å². The molecule has 2 unspecified atom stereocenters. The van der Waals surface area contributed by atoms with Crippen LogP contribution in [-0.2, 0) is 11.2 Å². The summed E-state index contributed by atoms with van der Waals surface area (Å²) in [6, 6.07) is 6.50. The normalized spacial score (nSPS) is 26.7. The lowest BCUT2D eigenvalue weighted by Crippen LogP contribution is -2.43. The highest BCUT2D eigenvalue weighted by atomic mass is 79.9. The van der Waals surface area contributed by atoms with Crippen LogP contribution in [0.15, 0.2) is 22.7 Å². The molecule has 0 spiro atoms. The van der Waals surface area contributed by atoms with E-state index in [1.54, 1.807) is 0 Å². The molecule has 2 N–H and O–H groups in total. The van der Waals surface area contributed by atoms with Gasteiger partial charge in [-0.05, 0) is 43.5 Å². The summed E-state index contributed by atoms with van der Waals surface area (Å²) in [5.74, 6) is 0. The number of morpholine rings is 1. The van der Waals surface area contributed by atoms with Crippen molar-refractivity contribution in [2.45, 2.75) is 31.5 Å². The Balaban J connectivity index is 1.88. The topological polar surface area (TPSA) is 38.5 Å². The number of fused-ring (bicyclic) bond motifs is 2. The first-order valence-corrected chi connectivity index (χ1v) is 7.44. The molecular formula is C14H19BrN2O. The van der Waals surface area contributed by atoms with Crippen LogP contribution in [0.25, 0.3) is 0 Å². The number of hydrogen-bond donors (Lipinski definition) is 1. The Hall–Kier alpha value is -0.580. The highest BCUT2D eigenvalue weighted by molar-refractivity contribution is 9.10. The molecule has 3 rings (SSSR count). The van der Waals surface area contributed by atoms with Crippen molar-refractivity contribution in [3.05, 3.63) is 28.2 Å². The van der Waals surface area contributed by atoms with Crippen molar-refractivity contribution in [2.24, 2.45) is 5.73 Å². The summed E-state index contributed by atoms with van der Waals surface area (Å²) in [5.41, 5.74) is 8.39. The van der Waals surface area contributed by atoms with Gasteiger partial charge in [-0.15, -0.1) is 0 Å². The molecule has 2 fully saturated rings. The number of nitrogens with two attached hydrogens (primary N) is 1. The Labute approximate surface area is 116 Å². The second kappa shape index (κ2) is 5.19. The average Bonchev–Trinajstić information content (AvgIpc) is 2.71. The van der Waals surface area contributed by atoms with Crippen LogP contribution in [0.2, 0.25) is 0 Å². The molecule has 3 nitrogen and oxygen atoms in total. The van der Waals surface area contributed by atoms with Crippen molar-refractivity contribution in [3.8, 4) is 0 Å². The summed E-state index contributed by atoms with van der Waals surface area (Å²) in [6.45, 7) is 2.74. The lowest BCUT2D eigenvalue weighted by molar-refractivity contribution is 0.0304. The molecule has 2 heterocycles. The summed E-state index contributed by atoms with van der Waals surface area (Å²) in [7, 11) is 0. The molecule has 0 aliphatic carbocycles. The molecule has 2 bridgehead atoms. The monoisotopic (exact) mass is 310 g/mol. The predicted molar refractivity (Wildman–Crippen MR) is 77.0 cm³/mol. The van der Waals surface area contributed by atoms with Crippen LogP contribution >= 0.6 is 15.9 Å². The maximum Gasteiger partial charge on any atom is 0.0755 e. The quantitative estimate of drug-likeness (QED) is 0.931. The number of hydrogen-bond acceptors (Lipinski definition) is 3. The van der Waals surface area contributed by atoms with Gasteiger partial charge in [0, 0.05) is 23.2 Å². The molecule has 18 heavy (non-hydrogen) atoms. The Morgan fingerprint density at radius 2 is 2.00 bits per heavy atom. The van der Waals surface area contributed by atoms with Crippen molar-refractivity contribution in [1.29, 1.82) is 0 Å². The standard InChI is InChI=1S/C14H19BrN2O/c15-11-2-1-10(5-6-16)14(7-11)17-8-12-3-4-13(9-17)18-12/h1-2,7,12-13H,3-6,8-9,16H2. The van der Waals surface area contributed by atoms with E-state index in [1.807, 2.05) is 0 Å². The number of rotatable bonds is 3. The molecule has 1 aromatic carbocycles. The van der Waals surface area contributed by atoms with Crippen molar-refractivity contribution < 1.29 is 4.74 Å². The van der Waals surface area contributed by atoms with E-state index in [-0.39, 0.29) is 0 Å². The van der Waals surface area contributed by atoms with Gasteiger partial charge in [-0.1, -0.05) is 22.0 Å². The first kappa shape index (κ1) is 12.5. The van der Waals surface area contributed by atoms with Crippen LogP contribution in [0.4, 0.5) is 5.69 Å². The third-order valence-electron chi connectivity index (χ3n) is 3.85. The van der Waals surface area contributed by atoms with Gasteiger partial charge in [0.15, 0.2) is 0 Å². The second-order valence-corrected chi connectivity index (χ2v) is 6.09. The van der Waals surface area contributed by atoms with Gasteiger partial charge in [0.2, 0.25) is 0 Å². The van der Waals surface area contributed by atoms with E-state index in [0.29, 0.717) is 18.8 Å². The highest BCUT2D eigenvalue weighted by Gasteiger charge is 2.34. The Morgan fingerprint density at radius 3 is 2.67 bits per heavy atom. The summed E-state index contributed by atoms with van der Waals surface area (Å²) in [5, 5.41) is 0. The van der Waals surface area contributed by atoms with Crippen LogP contribution in [0.3, 0.4) is 0 Å². The summed E-state index contributed by atoms with van der Waals surface area (Å²) < 4.78 is 7.04. The van der Waals surface area contributed by atoms with Gasteiger partial charge >= 0.3 is 0 Å². The highest BCUT2D eigenvalue weighted by Crippen LogP contribution is 2.33. The van der Waals surface area contributed by atoms with Crippen LogP contribution < -0.4 is 10.6 Å². The Bertz CT molecular complexity index is 426. The van der Waals surface area contributed by atoms with Crippen molar-refractivity contribution in [2.75, 3.05) is 24.5 Å². The van der Waals surface area contributed by atoms with Crippen molar-refractivity contribution >= 4 is 21.6 Å². The first-order chi connectivity index (χ1) is 8.76. The third-order valence-corrected chi connectivity index (χ3v) is 4.34. The number of benzene rings is 1. The second-order valence-electron chi connectivity index (χ2n) is 5.17. The minimum atomic E-state index is 0.424. The van der Waals surface area contributed by atoms with Gasteiger partial charge in [0.05, 0.1) is 12.2 Å². The number of ether oxygens (including phenoxy) is 1. The first-order valence-electron chi connectivity index (χ1n) is 6.65. The predicted octanol–water partition coefficient (Wildman–Crippen LogP) is 2.32. The molecule has 2 atom stereocenters. The zero-order chi connectivity index (χ0) is 12.5. The summed E-state index contributed by atoms with van der Waals surface area (Å²) in [4.78, 5) is 2.47. The zero-order valence-electron chi connectivity index (χ0n) is 10.4. The van der Waals surface area contributed by atoms with Gasteiger partial charge in [0.25, 0.3) is 0 Å². The van der Waals surface area contributed by atoms with Gasteiger partial charge in [-0.3, -0.25) is 0 Å². The molecule has 1 aromatic rings. The number of nitrogens with zero attached hydrogens (tertiary/aromatic N) is 1. The number of halogens is 1. The van der Waals surface area contributed by atoms with Crippen LogP contribution in [0, 0.1) is 0 Å². The average molecular weight is 311 g/mol. The zero-order valence-corrected chi connectivity index (χ0v) is 12.0. The lowest BCUT2D eigenvalue weighted by atomic mass is 10.1. The molecule has 2 saturated heterocycles. The fourth-order valence-electron chi connectivity index (χ4n) is 3.01. The largest absolute Gasteiger partial charge is 0.371 e. The van der Waals surface area contributed by atoms with Gasteiger partial charge < -0.3 is 15.4 Å². The van der Waals surface area contributed by atoms with Gasteiger partial charge in [-0.25, -0.2) is 0 Å².